The van der Waals surface area contributed by atoms with Gasteiger partial charge in [-0.15, -0.1) is 0 Å². The topological polar surface area (TPSA) is 71.2 Å². The molecule has 1 aliphatic rings. The van der Waals surface area contributed by atoms with Crippen LogP contribution in [-0.2, 0) is 4.79 Å². The number of carbonyl (C=O) groups is 1. The molecule has 0 radical (unpaired) electrons. The third-order valence-electron chi connectivity index (χ3n) is 5.91. The molecular formula is C23H20Cl2N4O2. The highest BCUT2D eigenvalue weighted by atomic mass is 35.5. The molecule has 4 aromatic rings. The van der Waals surface area contributed by atoms with Gasteiger partial charge in [-0.25, -0.2) is 9.97 Å². The number of rotatable bonds is 3. The molecule has 0 aliphatic carbocycles. The molecule has 8 heteroatoms. The average Bonchev–Trinajstić information content (AvgIpc) is 3.12. The van der Waals surface area contributed by atoms with Crippen molar-refractivity contribution in [3.05, 3.63) is 58.1 Å². The maximum absolute atomic E-state index is 11.4. The van der Waals surface area contributed by atoms with Crippen LogP contribution >= 0.6 is 23.2 Å². The van der Waals surface area contributed by atoms with E-state index in [1.54, 1.807) is 0 Å². The van der Waals surface area contributed by atoms with Gasteiger partial charge in [-0.2, -0.15) is 0 Å². The van der Waals surface area contributed by atoms with Crippen LogP contribution in [0.3, 0.4) is 0 Å². The van der Waals surface area contributed by atoms with E-state index in [2.05, 4.69) is 4.90 Å². The number of nitrogens with zero attached hydrogens (tertiary/aromatic N) is 4. The summed E-state index contributed by atoms with van der Waals surface area (Å²) in [7, 11) is 0. The number of aliphatic carboxylic acids is 1. The van der Waals surface area contributed by atoms with Crippen molar-refractivity contribution in [2.75, 3.05) is 18.0 Å². The van der Waals surface area contributed by atoms with E-state index in [0.717, 1.165) is 39.3 Å². The molecule has 0 bridgehead atoms. The van der Waals surface area contributed by atoms with E-state index in [9.17, 15) is 9.90 Å². The zero-order valence-corrected chi connectivity index (χ0v) is 18.4. The van der Waals surface area contributed by atoms with Gasteiger partial charge in [0.2, 0.25) is 5.95 Å². The van der Waals surface area contributed by atoms with Gasteiger partial charge in [0.15, 0.2) is 0 Å². The minimum absolute atomic E-state index is 0.311. The summed E-state index contributed by atoms with van der Waals surface area (Å²) < 4.78 is 2.04. The van der Waals surface area contributed by atoms with Gasteiger partial charge in [-0.05, 0) is 67.8 Å². The molecule has 6 nitrogen and oxygen atoms in total. The number of anilines is 1. The number of benzene rings is 2. The first-order chi connectivity index (χ1) is 14.9. The lowest BCUT2D eigenvalue weighted by molar-refractivity contribution is -0.142. The number of fused-ring (bicyclic) bond motifs is 2. The van der Waals surface area contributed by atoms with Gasteiger partial charge < -0.3 is 10.0 Å². The number of halogens is 2. The second-order valence-electron chi connectivity index (χ2n) is 7.94. The molecule has 1 fully saturated rings. The summed E-state index contributed by atoms with van der Waals surface area (Å²) in [5, 5.41) is 11.6. The summed E-state index contributed by atoms with van der Waals surface area (Å²) in [4.78, 5) is 23.3. The summed E-state index contributed by atoms with van der Waals surface area (Å²) in [6, 6.07) is 13.5. The van der Waals surface area contributed by atoms with Crippen LogP contribution in [0.4, 0.5) is 5.95 Å². The first-order valence-corrected chi connectivity index (χ1v) is 10.9. The van der Waals surface area contributed by atoms with Crippen LogP contribution < -0.4 is 4.90 Å². The highest BCUT2D eigenvalue weighted by Crippen LogP contribution is 2.33. The lowest BCUT2D eigenvalue weighted by Crippen LogP contribution is -2.37. The van der Waals surface area contributed by atoms with Gasteiger partial charge in [0.05, 0.1) is 22.5 Å². The number of aryl methyl sites for hydroxylation is 1. The first kappa shape index (κ1) is 20.1. The Balaban J connectivity index is 1.67. The normalized spacial score (nSPS) is 15.1. The number of imidazole rings is 1. The third-order valence-corrected chi connectivity index (χ3v) is 6.55. The maximum atomic E-state index is 11.4. The van der Waals surface area contributed by atoms with Crippen LogP contribution in [-0.4, -0.2) is 38.7 Å². The third kappa shape index (κ3) is 3.60. The average molecular weight is 455 g/mol. The van der Waals surface area contributed by atoms with Gasteiger partial charge in [-0.3, -0.25) is 9.36 Å². The fraction of sp³-hybridized carbons (Fsp3) is 0.261. The zero-order valence-electron chi connectivity index (χ0n) is 16.8. The van der Waals surface area contributed by atoms with Gasteiger partial charge in [0.1, 0.15) is 5.82 Å². The minimum atomic E-state index is -0.731. The second kappa shape index (κ2) is 7.70. The summed E-state index contributed by atoms with van der Waals surface area (Å²) in [5.74, 6) is 0.454. The van der Waals surface area contributed by atoms with Crippen LogP contribution in [0.25, 0.3) is 27.8 Å². The second-order valence-corrected chi connectivity index (χ2v) is 8.79. The Morgan fingerprint density at radius 2 is 1.81 bits per heavy atom. The van der Waals surface area contributed by atoms with Crippen molar-refractivity contribution in [3.8, 4) is 5.82 Å². The van der Waals surface area contributed by atoms with Gasteiger partial charge in [-0.1, -0.05) is 23.2 Å². The van der Waals surface area contributed by atoms with Crippen molar-refractivity contribution in [1.29, 1.82) is 0 Å². The number of aromatic nitrogens is 3. The summed E-state index contributed by atoms with van der Waals surface area (Å²) in [5.41, 5.74) is 3.49. The molecule has 0 saturated carbocycles. The smallest absolute Gasteiger partial charge is 0.306 e. The van der Waals surface area contributed by atoms with Crippen LogP contribution in [0.5, 0.6) is 0 Å². The standard InChI is InChI=1S/C23H20Cl2N4O2/c1-13-10-20-19(12-17(13)25)27-23(28-8-6-14(7-9-28)22(30)31)29(20)21-5-2-15-11-16(24)3-4-18(15)26-21/h2-5,10-12,14H,6-9H2,1H3,(H,30,31). The molecule has 5 rings (SSSR count). The van der Waals surface area contributed by atoms with Crippen molar-refractivity contribution >= 4 is 57.1 Å². The number of carboxylic acids is 1. The molecule has 31 heavy (non-hydrogen) atoms. The quantitative estimate of drug-likeness (QED) is 0.442. The van der Waals surface area contributed by atoms with E-state index in [-0.39, 0.29) is 5.92 Å². The Morgan fingerprint density at radius 1 is 1.03 bits per heavy atom. The molecule has 0 atom stereocenters. The highest BCUT2D eigenvalue weighted by Gasteiger charge is 2.28. The van der Waals surface area contributed by atoms with E-state index in [0.29, 0.717) is 36.0 Å². The lowest BCUT2D eigenvalue weighted by Gasteiger charge is -2.31. The Bertz CT molecular complexity index is 1330. The summed E-state index contributed by atoms with van der Waals surface area (Å²) >= 11 is 12.5. The van der Waals surface area contributed by atoms with Crippen LogP contribution in [0, 0.1) is 12.8 Å². The molecule has 0 amide bonds. The fourth-order valence-corrected chi connectivity index (χ4v) is 4.50. The van der Waals surface area contributed by atoms with Gasteiger partial charge in [0, 0.05) is 28.5 Å². The van der Waals surface area contributed by atoms with Gasteiger partial charge >= 0.3 is 5.97 Å². The van der Waals surface area contributed by atoms with Crippen LogP contribution in [0.1, 0.15) is 18.4 Å². The molecule has 0 unspecified atom stereocenters. The molecule has 2 aromatic carbocycles. The summed E-state index contributed by atoms with van der Waals surface area (Å²) in [6.45, 7) is 3.21. The number of carboxylic acid groups (broad SMARTS) is 1. The van der Waals surface area contributed by atoms with Crippen molar-refractivity contribution in [1.82, 2.24) is 14.5 Å². The predicted molar refractivity (Wildman–Crippen MR) is 124 cm³/mol. The molecule has 1 saturated heterocycles. The molecule has 0 spiro atoms. The first-order valence-electron chi connectivity index (χ1n) is 10.1. The van der Waals surface area contributed by atoms with E-state index >= 15 is 0 Å². The number of hydrogen-bond donors (Lipinski definition) is 1. The monoisotopic (exact) mass is 454 g/mol. The zero-order chi connectivity index (χ0) is 21.7. The predicted octanol–water partition coefficient (Wildman–Crippen LogP) is 5.49. The Kier molecular flexibility index (Phi) is 4.99. The minimum Gasteiger partial charge on any atom is -0.481 e. The van der Waals surface area contributed by atoms with E-state index in [4.69, 9.17) is 33.2 Å². The SMILES string of the molecule is Cc1cc2c(cc1Cl)nc(N1CCC(C(=O)O)CC1)n2-c1ccc2cc(Cl)ccc2n1. The largest absolute Gasteiger partial charge is 0.481 e. The molecule has 3 heterocycles. The highest BCUT2D eigenvalue weighted by molar-refractivity contribution is 6.32. The number of hydrogen-bond acceptors (Lipinski definition) is 4. The summed E-state index contributed by atoms with van der Waals surface area (Å²) in [6.07, 6.45) is 1.17. The Morgan fingerprint density at radius 3 is 2.55 bits per heavy atom. The Labute approximate surface area is 189 Å². The van der Waals surface area contributed by atoms with Crippen molar-refractivity contribution < 1.29 is 9.90 Å². The molecule has 1 aliphatic heterocycles. The van der Waals surface area contributed by atoms with E-state index in [1.807, 2.05) is 54.0 Å². The molecule has 158 valence electrons. The molecule has 2 aromatic heterocycles. The van der Waals surface area contributed by atoms with E-state index in [1.165, 1.54) is 0 Å². The van der Waals surface area contributed by atoms with Crippen LogP contribution in [0.15, 0.2) is 42.5 Å². The van der Waals surface area contributed by atoms with Crippen molar-refractivity contribution in [2.24, 2.45) is 5.92 Å². The lowest BCUT2D eigenvalue weighted by atomic mass is 9.97. The van der Waals surface area contributed by atoms with Crippen LogP contribution in [0.2, 0.25) is 10.0 Å². The van der Waals surface area contributed by atoms with E-state index < -0.39 is 5.97 Å². The van der Waals surface area contributed by atoms with Gasteiger partial charge in [0.25, 0.3) is 0 Å². The maximum Gasteiger partial charge on any atom is 0.306 e. The number of piperidine rings is 1. The molecule has 1 N–H and O–H groups in total. The Hall–Kier alpha value is -2.83. The van der Waals surface area contributed by atoms with Crippen molar-refractivity contribution in [2.45, 2.75) is 19.8 Å². The molecular weight excluding hydrogens is 435 g/mol. The fourth-order valence-electron chi connectivity index (χ4n) is 4.16. The number of pyridine rings is 1. The van der Waals surface area contributed by atoms with Crippen molar-refractivity contribution in [3.63, 3.8) is 0 Å².